The molecule has 1 amide bonds. The van der Waals surface area contributed by atoms with Gasteiger partial charge in [0, 0.05) is 25.0 Å². The molecule has 1 saturated heterocycles. The molecule has 1 aliphatic rings. The molecule has 0 spiro atoms. The molecule has 0 saturated carbocycles. The van der Waals surface area contributed by atoms with Crippen molar-refractivity contribution in [2.75, 3.05) is 26.8 Å². The number of rotatable bonds is 2. The van der Waals surface area contributed by atoms with E-state index in [1.54, 1.807) is 0 Å². The van der Waals surface area contributed by atoms with Gasteiger partial charge in [-0.05, 0) is 34.2 Å². The van der Waals surface area contributed by atoms with Gasteiger partial charge in [-0.15, -0.1) is 0 Å². The number of likely N-dealkylation sites (tertiary alicyclic amines) is 1. The van der Waals surface area contributed by atoms with Gasteiger partial charge in [0.05, 0.1) is 6.67 Å². The minimum absolute atomic E-state index is 0.00804. The Morgan fingerprint density at radius 2 is 2.12 bits per heavy atom. The van der Waals surface area contributed by atoms with E-state index in [9.17, 15) is 9.18 Å². The molecule has 0 aromatic rings. The number of hydrogen-bond acceptors (Lipinski definition) is 3. The maximum atomic E-state index is 12.7. The predicted octanol–water partition coefficient (Wildman–Crippen LogP) is 1.80. The lowest BCUT2D eigenvalue weighted by Gasteiger charge is -2.35. The zero-order chi connectivity index (χ0) is 13.1. The third-order valence-corrected chi connectivity index (χ3v) is 2.66. The molecule has 2 atom stereocenters. The van der Waals surface area contributed by atoms with E-state index in [0.717, 1.165) is 13.1 Å². The summed E-state index contributed by atoms with van der Waals surface area (Å²) in [4.78, 5) is 13.6. The molecule has 0 radical (unpaired) electrons. The van der Waals surface area contributed by atoms with Crippen molar-refractivity contribution in [3.63, 3.8) is 0 Å². The van der Waals surface area contributed by atoms with E-state index in [-0.39, 0.29) is 18.6 Å². The van der Waals surface area contributed by atoms with E-state index in [4.69, 9.17) is 4.74 Å². The van der Waals surface area contributed by atoms with Crippen molar-refractivity contribution in [1.29, 1.82) is 0 Å². The Bertz CT molecular complexity index is 266. The van der Waals surface area contributed by atoms with Crippen molar-refractivity contribution in [2.45, 2.75) is 38.8 Å². The summed E-state index contributed by atoms with van der Waals surface area (Å²) < 4.78 is 17.8. The molecule has 4 nitrogen and oxygen atoms in total. The third-order valence-electron chi connectivity index (χ3n) is 2.66. The number of nitrogens with zero attached hydrogens (tertiary/aromatic N) is 1. The van der Waals surface area contributed by atoms with Gasteiger partial charge < -0.3 is 15.0 Å². The lowest BCUT2D eigenvalue weighted by Crippen LogP contribution is -2.50. The van der Waals surface area contributed by atoms with Gasteiger partial charge in [-0.1, -0.05) is 0 Å². The number of carbonyl (C=O) groups excluding carboxylic acids is 1. The first-order valence-electron chi connectivity index (χ1n) is 6.04. The zero-order valence-corrected chi connectivity index (χ0v) is 11.1. The highest BCUT2D eigenvalue weighted by Gasteiger charge is 2.27. The first-order chi connectivity index (χ1) is 7.80. The summed E-state index contributed by atoms with van der Waals surface area (Å²) in [6, 6.07) is -0.0238. The monoisotopic (exact) mass is 246 g/mol. The van der Waals surface area contributed by atoms with E-state index in [2.05, 4.69) is 5.32 Å². The Labute approximate surface area is 102 Å². The van der Waals surface area contributed by atoms with Crippen LogP contribution in [0.3, 0.4) is 0 Å². The lowest BCUT2D eigenvalue weighted by atomic mass is 9.96. The second-order valence-electron chi connectivity index (χ2n) is 5.82. The molecule has 100 valence electrons. The van der Waals surface area contributed by atoms with E-state index in [1.807, 2.05) is 32.7 Å². The molecule has 5 heteroatoms. The van der Waals surface area contributed by atoms with Gasteiger partial charge in [-0.3, -0.25) is 4.39 Å². The standard InChI is InChI=1S/C12H23FN2O2/c1-12(2,3)17-11(16)14-10-5-9(6-13)7-15(4)8-10/h9-10H,5-8H2,1-4H3,(H,14,16). The van der Waals surface area contributed by atoms with Crippen molar-refractivity contribution in [3.05, 3.63) is 0 Å². The lowest BCUT2D eigenvalue weighted by molar-refractivity contribution is 0.0453. The predicted molar refractivity (Wildman–Crippen MR) is 64.7 cm³/mol. The Morgan fingerprint density at radius 1 is 1.47 bits per heavy atom. The maximum Gasteiger partial charge on any atom is 0.407 e. The number of halogens is 1. The number of likely N-dealkylation sites (N-methyl/N-ethyl adjacent to an activating group) is 1. The molecule has 1 aliphatic heterocycles. The summed E-state index contributed by atoms with van der Waals surface area (Å²) in [5.74, 6) is 0.00804. The van der Waals surface area contributed by atoms with Crippen molar-refractivity contribution in [3.8, 4) is 0 Å². The van der Waals surface area contributed by atoms with Crippen LogP contribution in [0.1, 0.15) is 27.2 Å². The number of carbonyl (C=O) groups is 1. The Balaban J connectivity index is 2.42. The Morgan fingerprint density at radius 3 is 2.65 bits per heavy atom. The molecule has 0 aliphatic carbocycles. The van der Waals surface area contributed by atoms with Gasteiger partial charge in [0.15, 0.2) is 0 Å². The van der Waals surface area contributed by atoms with Crippen LogP contribution in [-0.4, -0.2) is 49.4 Å². The normalized spacial score (nSPS) is 26.6. The van der Waals surface area contributed by atoms with Crippen molar-refractivity contribution >= 4 is 6.09 Å². The van der Waals surface area contributed by atoms with Crippen LogP contribution in [0.4, 0.5) is 9.18 Å². The average molecular weight is 246 g/mol. The molecule has 1 fully saturated rings. The highest BCUT2D eigenvalue weighted by molar-refractivity contribution is 5.68. The number of hydrogen-bond donors (Lipinski definition) is 1. The van der Waals surface area contributed by atoms with Crippen LogP contribution in [0.15, 0.2) is 0 Å². The summed E-state index contributed by atoms with van der Waals surface area (Å²) >= 11 is 0. The number of ether oxygens (including phenoxy) is 1. The topological polar surface area (TPSA) is 41.6 Å². The molecule has 0 aromatic carbocycles. The maximum absolute atomic E-state index is 12.7. The molecule has 1 rings (SSSR count). The van der Waals surface area contributed by atoms with Gasteiger partial charge in [0.25, 0.3) is 0 Å². The number of alkyl halides is 1. The van der Waals surface area contributed by atoms with Gasteiger partial charge >= 0.3 is 6.09 Å². The molecular formula is C12H23FN2O2. The van der Waals surface area contributed by atoms with Crippen LogP contribution in [0.25, 0.3) is 0 Å². The van der Waals surface area contributed by atoms with Crippen LogP contribution >= 0.6 is 0 Å². The minimum Gasteiger partial charge on any atom is -0.444 e. The van der Waals surface area contributed by atoms with E-state index < -0.39 is 11.7 Å². The minimum atomic E-state index is -0.496. The highest BCUT2D eigenvalue weighted by Crippen LogP contribution is 2.17. The van der Waals surface area contributed by atoms with Gasteiger partial charge in [-0.2, -0.15) is 0 Å². The zero-order valence-electron chi connectivity index (χ0n) is 11.1. The third kappa shape index (κ3) is 5.35. The van der Waals surface area contributed by atoms with Crippen molar-refractivity contribution in [2.24, 2.45) is 5.92 Å². The van der Waals surface area contributed by atoms with Crippen LogP contribution < -0.4 is 5.32 Å². The van der Waals surface area contributed by atoms with Crippen molar-refractivity contribution < 1.29 is 13.9 Å². The van der Waals surface area contributed by atoms with Gasteiger partial charge in [0.2, 0.25) is 0 Å². The van der Waals surface area contributed by atoms with E-state index >= 15 is 0 Å². The fourth-order valence-electron chi connectivity index (χ4n) is 2.13. The summed E-state index contributed by atoms with van der Waals surface area (Å²) in [5.41, 5.74) is -0.496. The van der Waals surface area contributed by atoms with Gasteiger partial charge in [-0.25, -0.2) is 4.79 Å². The van der Waals surface area contributed by atoms with E-state index in [0.29, 0.717) is 6.42 Å². The summed E-state index contributed by atoms with van der Waals surface area (Å²) in [5, 5.41) is 2.80. The molecule has 1 heterocycles. The van der Waals surface area contributed by atoms with E-state index in [1.165, 1.54) is 0 Å². The summed E-state index contributed by atoms with van der Waals surface area (Å²) in [6.07, 6.45) is 0.260. The molecule has 0 aromatic heterocycles. The molecule has 17 heavy (non-hydrogen) atoms. The number of piperidine rings is 1. The first kappa shape index (κ1) is 14.2. The Hall–Kier alpha value is -0.840. The average Bonchev–Trinajstić information content (AvgIpc) is 2.13. The molecule has 2 unspecified atom stereocenters. The Kier molecular flexibility index (Phi) is 4.74. The fraction of sp³-hybridized carbons (Fsp3) is 0.917. The SMILES string of the molecule is CN1CC(CF)CC(NC(=O)OC(C)(C)C)C1. The van der Waals surface area contributed by atoms with Crippen LogP contribution in [0, 0.1) is 5.92 Å². The fourth-order valence-corrected chi connectivity index (χ4v) is 2.13. The number of alkyl carbamates (subject to hydrolysis) is 1. The molecule has 1 N–H and O–H groups in total. The molecule has 0 bridgehead atoms. The summed E-state index contributed by atoms with van der Waals surface area (Å²) in [7, 11) is 1.94. The smallest absolute Gasteiger partial charge is 0.407 e. The first-order valence-corrected chi connectivity index (χ1v) is 6.04. The highest BCUT2D eigenvalue weighted by atomic mass is 19.1. The number of nitrogens with one attached hydrogen (secondary N) is 1. The largest absolute Gasteiger partial charge is 0.444 e. The second-order valence-corrected chi connectivity index (χ2v) is 5.82. The van der Waals surface area contributed by atoms with Crippen LogP contribution in [-0.2, 0) is 4.74 Å². The van der Waals surface area contributed by atoms with Crippen molar-refractivity contribution in [1.82, 2.24) is 10.2 Å². The molecular weight excluding hydrogens is 223 g/mol. The van der Waals surface area contributed by atoms with Gasteiger partial charge in [0.1, 0.15) is 5.60 Å². The van der Waals surface area contributed by atoms with Crippen LogP contribution in [0.2, 0.25) is 0 Å². The second kappa shape index (κ2) is 5.67. The quantitative estimate of drug-likeness (QED) is 0.808. The number of amides is 1. The summed E-state index contributed by atoms with van der Waals surface area (Å²) in [6.45, 7) is 6.63. The van der Waals surface area contributed by atoms with Crippen LogP contribution in [0.5, 0.6) is 0 Å².